The number of benzene rings is 1. The maximum atomic E-state index is 8.96. The van der Waals surface area contributed by atoms with Crippen LogP contribution in [0.4, 0.5) is 0 Å². The Labute approximate surface area is 122 Å². The van der Waals surface area contributed by atoms with Crippen molar-refractivity contribution in [3.63, 3.8) is 0 Å². The first-order valence-corrected chi connectivity index (χ1v) is 6.56. The summed E-state index contributed by atoms with van der Waals surface area (Å²) in [4.78, 5) is 0. The number of halogens is 2. The molecule has 0 saturated carbocycles. The molecular weight excluding hydrogens is 328 g/mol. The van der Waals surface area contributed by atoms with Crippen molar-refractivity contribution < 1.29 is 0 Å². The highest BCUT2D eigenvalue weighted by atomic mass is 79.9. The summed E-state index contributed by atoms with van der Waals surface area (Å²) in [6, 6.07) is 11.1. The van der Waals surface area contributed by atoms with E-state index in [0.717, 1.165) is 10.0 Å². The molecule has 0 atom stereocenters. The van der Waals surface area contributed by atoms with Crippen LogP contribution in [0, 0.1) is 11.3 Å². The first-order chi connectivity index (χ1) is 9.19. The third-order valence-corrected chi connectivity index (χ3v) is 3.52. The summed E-state index contributed by atoms with van der Waals surface area (Å²) in [5.74, 6) is 0.610. The molecule has 19 heavy (non-hydrogen) atoms. The molecule has 0 amide bonds. The molecule has 4 nitrogen and oxygen atoms in total. The van der Waals surface area contributed by atoms with Gasteiger partial charge in [0.2, 0.25) is 0 Å². The number of rotatable bonds is 1. The van der Waals surface area contributed by atoms with Gasteiger partial charge in [-0.1, -0.05) is 27.5 Å². The monoisotopic (exact) mass is 332 g/mol. The van der Waals surface area contributed by atoms with Gasteiger partial charge in [0.25, 0.3) is 0 Å². The van der Waals surface area contributed by atoms with Crippen LogP contribution < -0.4 is 0 Å². The number of nitrogens with zero attached hydrogens (tertiary/aromatic N) is 4. The highest BCUT2D eigenvalue weighted by Crippen LogP contribution is 2.29. The van der Waals surface area contributed by atoms with Crippen molar-refractivity contribution >= 4 is 33.2 Å². The lowest BCUT2D eigenvalue weighted by Gasteiger charge is -2.03. The van der Waals surface area contributed by atoms with Crippen molar-refractivity contribution in [1.29, 1.82) is 5.26 Å². The summed E-state index contributed by atoms with van der Waals surface area (Å²) in [7, 11) is 0. The lowest BCUT2D eigenvalue weighted by Crippen LogP contribution is -1.91. The Morgan fingerprint density at radius 2 is 2.05 bits per heavy atom. The number of aromatic nitrogens is 3. The Morgan fingerprint density at radius 3 is 2.84 bits per heavy atom. The zero-order valence-electron chi connectivity index (χ0n) is 9.51. The summed E-state index contributed by atoms with van der Waals surface area (Å²) in [6.07, 6.45) is 1.70. The van der Waals surface area contributed by atoms with Gasteiger partial charge in [0.1, 0.15) is 6.07 Å². The molecule has 0 aliphatic rings. The van der Waals surface area contributed by atoms with E-state index >= 15 is 0 Å². The van der Waals surface area contributed by atoms with Crippen LogP contribution in [0.15, 0.2) is 41.0 Å². The van der Waals surface area contributed by atoms with E-state index in [0.29, 0.717) is 22.1 Å². The topological polar surface area (TPSA) is 54.0 Å². The SMILES string of the molecule is N#Cc1ccc2nnc(-c3cc(Br)ccc3Cl)n2c1. The Hall–Kier alpha value is -1.90. The van der Waals surface area contributed by atoms with Crippen LogP contribution in [0.1, 0.15) is 5.56 Å². The van der Waals surface area contributed by atoms with Crippen LogP contribution in [0.5, 0.6) is 0 Å². The van der Waals surface area contributed by atoms with E-state index in [-0.39, 0.29) is 0 Å². The van der Waals surface area contributed by atoms with E-state index in [1.807, 2.05) is 12.1 Å². The Morgan fingerprint density at radius 1 is 1.21 bits per heavy atom. The molecule has 3 rings (SSSR count). The standard InChI is InChI=1S/C13H6BrClN4/c14-9-2-3-11(15)10(5-9)13-18-17-12-4-1-8(6-16)7-19(12)13/h1-5,7H. The molecular formula is C13H6BrClN4. The fourth-order valence-corrected chi connectivity index (χ4v) is 2.37. The first-order valence-electron chi connectivity index (χ1n) is 5.39. The molecule has 2 aromatic heterocycles. The third-order valence-electron chi connectivity index (χ3n) is 2.70. The molecule has 0 spiro atoms. The number of pyridine rings is 1. The second-order valence-electron chi connectivity index (χ2n) is 3.91. The summed E-state index contributed by atoms with van der Waals surface area (Å²) >= 11 is 9.60. The highest BCUT2D eigenvalue weighted by Gasteiger charge is 2.12. The fourth-order valence-electron chi connectivity index (χ4n) is 1.81. The minimum absolute atomic E-state index is 0.541. The van der Waals surface area contributed by atoms with E-state index in [1.54, 1.807) is 28.8 Å². The van der Waals surface area contributed by atoms with Crippen LogP contribution in [0.3, 0.4) is 0 Å². The molecule has 0 aliphatic heterocycles. The second-order valence-corrected chi connectivity index (χ2v) is 5.23. The maximum absolute atomic E-state index is 8.96. The van der Waals surface area contributed by atoms with Crippen LogP contribution in [-0.2, 0) is 0 Å². The van der Waals surface area contributed by atoms with Gasteiger partial charge in [-0.15, -0.1) is 10.2 Å². The molecule has 0 aliphatic carbocycles. The molecule has 1 aromatic carbocycles. The average molecular weight is 334 g/mol. The van der Waals surface area contributed by atoms with Gasteiger partial charge in [-0.25, -0.2) is 0 Å². The van der Waals surface area contributed by atoms with Crippen molar-refractivity contribution in [3.8, 4) is 17.5 Å². The second kappa shape index (κ2) is 4.65. The summed E-state index contributed by atoms with van der Waals surface area (Å²) < 4.78 is 2.66. The molecule has 0 radical (unpaired) electrons. The van der Waals surface area contributed by atoms with E-state index in [2.05, 4.69) is 32.2 Å². The number of fused-ring (bicyclic) bond motifs is 1. The molecule has 92 valence electrons. The van der Waals surface area contributed by atoms with E-state index in [9.17, 15) is 0 Å². The van der Waals surface area contributed by atoms with Crippen LogP contribution >= 0.6 is 27.5 Å². The average Bonchev–Trinajstić information content (AvgIpc) is 2.84. The molecule has 0 N–H and O–H groups in total. The molecule has 0 bridgehead atoms. The molecule has 2 heterocycles. The largest absolute Gasteiger partial charge is 0.281 e. The Bertz CT molecular complexity index is 819. The highest BCUT2D eigenvalue weighted by molar-refractivity contribution is 9.10. The summed E-state index contributed by atoms with van der Waals surface area (Å²) in [5.41, 5.74) is 1.98. The minimum atomic E-state index is 0.541. The minimum Gasteiger partial charge on any atom is -0.281 e. The summed E-state index contributed by atoms with van der Waals surface area (Å²) in [6.45, 7) is 0. The van der Waals surface area contributed by atoms with Gasteiger partial charge in [-0.3, -0.25) is 4.40 Å². The van der Waals surface area contributed by atoms with Gasteiger partial charge < -0.3 is 0 Å². The van der Waals surface area contributed by atoms with Crippen molar-refractivity contribution in [1.82, 2.24) is 14.6 Å². The lowest BCUT2D eigenvalue weighted by atomic mass is 10.2. The van der Waals surface area contributed by atoms with Crippen molar-refractivity contribution in [2.45, 2.75) is 0 Å². The van der Waals surface area contributed by atoms with Gasteiger partial charge in [0.15, 0.2) is 11.5 Å². The lowest BCUT2D eigenvalue weighted by molar-refractivity contribution is 1.11. The molecule has 6 heteroatoms. The zero-order valence-corrected chi connectivity index (χ0v) is 11.9. The fraction of sp³-hybridized carbons (Fsp3) is 0. The van der Waals surface area contributed by atoms with E-state index in [4.69, 9.17) is 16.9 Å². The molecule has 3 aromatic rings. The summed E-state index contributed by atoms with van der Waals surface area (Å²) in [5, 5.41) is 17.8. The Balaban J connectivity index is 2.31. The smallest absolute Gasteiger partial charge is 0.169 e. The van der Waals surface area contributed by atoms with Crippen LogP contribution in [-0.4, -0.2) is 14.6 Å². The van der Waals surface area contributed by atoms with Gasteiger partial charge in [0, 0.05) is 16.2 Å². The van der Waals surface area contributed by atoms with Gasteiger partial charge in [0.05, 0.1) is 10.6 Å². The zero-order chi connectivity index (χ0) is 13.4. The van der Waals surface area contributed by atoms with Crippen LogP contribution in [0.2, 0.25) is 5.02 Å². The predicted molar refractivity (Wildman–Crippen MR) is 75.8 cm³/mol. The van der Waals surface area contributed by atoms with Crippen molar-refractivity contribution in [2.24, 2.45) is 0 Å². The third kappa shape index (κ3) is 2.09. The molecule has 0 saturated heterocycles. The number of hydrogen-bond acceptors (Lipinski definition) is 3. The predicted octanol–water partition coefficient (Wildman–Crippen LogP) is 3.68. The normalized spacial score (nSPS) is 10.6. The Kier molecular flexibility index (Phi) is 2.97. The first kappa shape index (κ1) is 12.2. The number of hydrogen-bond donors (Lipinski definition) is 0. The van der Waals surface area contributed by atoms with Gasteiger partial charge >= 0.3 is 0 Å². The van der Waals surface area contributed by atoms with E-state index in [1.165, 1.54) is 0 Å². The molecule has 0 fully saturated rings. The van der Waals surface area contributed by atoms with Crippen molar-refractivity contribution in [3.05, 3.63) is 51.6 Å². The van der Waals surface area contributed by atoms with Gasteiger partial charge in [-0.05, 0) is 30.3 Å². The van der Waals surface area contributed by atoms with Crippen LogP contribution in [0.25, 0.3) is 17.0 Å². The maximum Gasteiger partial charge on any atom is 0.169 e. The van der Waals surface area contributed by atoms with Gasteiger partial charge in [-0.2, -0.15) is 5.26 Å². The number of nitriles is 1. The van der Waals surface area contributed by atoms with E-state index < -0.39 is 0 Å². The quantitative estimate of drug-likeness (QED) is 0.682. The van der Waals surface area contributed by atoms with Crippen molar-refractivity contribution in [2.75, 3.05) is 0 Å². The molecule has 0 unspecified atom stereocenters.